The molecule has 2 fully saturated rings. The minimum Gasteiger partial charge on any atom is -0.211 e. The zero-order valence-electron chi connectivity index (χ0n) is 8.25. The van der Waals surface area contributed by atoms with Gasteiger partial charge < -0.3 is 0 Å². The van der Waals surface area contributed by atoms with Crippen LogP contribution < -0.4 is 0 Å². The molecule has 2 rings (SSSR count). The van der Waals surface area contributed by atoms with Crippen LogP contribution in [-0.2, 0) is 4.79 Å². The van der Waals surface area contributed by atoms with Gasteiger partial charge in [-0.1, -0.05) is 6.92 Å². The van der Waals surface area contributed by atoms with Crippen molar-refractivity contribution in [1.29, 1.82) is 0 Å². The molecule has 0 saturated heterocycles. The molecule has 13 heavy (non-hydrogen) atoms. The second-order valence-corrected chi connectivity index (χ2v) is 4.77. The van der Waals surface area contributed by atoms with Gasteiger partial charge in [-0.2, -0.15) is 0 Å². The maximum absolute atomic E-state index is 10.1. The molecule has 0 aromatic carbocycles. The fourth-order valence-electron chi connectivity index (χ4n) is 3.10. The van der Waals surface area contributed by atoms with Gasteiger partial charge >= 0.3 is 0 Å². The number of isocyanates is 1. The van der Waals surface area contributed by atoms with Crippen LogP contribution in [0.15, 0.2) is 4.99 Å². The van der Waals surface area contributed by atoms with Crippen LogP contribution in [0.5, 0.6) is 0 Å². The summed E-state index contributed by atoms with van der Waals surface area (Å²) in [6.07, 6.45) is 8.29. The van der Waals surface area contributed by atoms with E-state index in [0.717, 1.165) is 18.4 Å². The zero-order valence-corrected chi connectivity index (χ0v) is 8.25. The van der Waals surface area contributed by atoms with Gasteiger partial charge in [-0.05, 0) is 49.4 Å². The zero-order chi connectivity index (χ0) is 9.31. The highest BCUT2D eigenvalue weighted by Gasteiger charge is 2.47. The van der Waals surface area contributed by atoms with Gasteiger partial charge in [0, 0.05) is 0 Å². The lowest BCUT2D eigenvalue weighted by Gasteiger charge is -2.29. The highest BCUT2D eigenvalue weighted by molar-refractivity contribution is 5.33. The van der Waals surface area contributed by atoms with E-state index in [-0.39, 0.29) is 0 Å². The summed E-state index contributed by atoms with van der Waals surface area (Å²) < 4.78 is 0. The lowest BCUT2D eigenvalue weighted by molar-refractivity contribution is 0.219. The number of nitrogens with zero attached hydrogens (tertiary/aromatic N) is 1. The molecule has 2 aliphatic carbocycles. The molecular formula is C11H17NO. The third-order valence-electron chi connectivity index (χ3n) is 4.19. The molecule has 2 saturated carbocycles. The van der Waals surface area contributed by atoms with E-state index in [1.807, 2.05) is 0 Å². The molecule has 2 nitrogen and oxygen atoms in total. The summed E-state index contributed by atoms with van der Waals surface area (Å²) >= 11 is 0. The lowest BCUT2D eigenvalue weighted by atomic mass is 9.77. The van der Waals surface area contributed by atoms with Gasteiger partial charge in [0.05, 0.1) is 6.54 Å². The average Bonchev–Trinajstić information content (AvgIpc) is 2.39. The summed E-state index contributed by atoms with van der Waals surface area (Å²) in [5.74, 6) is 1.92. The summed E-state index contributed by atoms with van der Waals surface area (Å²) in [7, 11) is 0. The molecule has 0 aliphatic heterocycles. The fraction of sp³-hybridized carbons (Fsp3) is 0.909. The predicted octanol–water partition coefficient (Wildman–Crippen LogP) is 2.54. The lowest BCUT2D eigenvalue weighted by Crippen LogP contribution is -2.19. The summed E-state index contributed by atoms with van der Waals surface area (Å²) in [6, 6.07) is 0. The Morgan fingerprint density at radius 1 is 1.38 bits per heavy atom. The molecule has 0 heterocycles. The normalized spacial score (nSPS) is 41.9. The number of hydrogen-bond donors (Lipinski definition) is 0. The third kappa shape index (κ3) is 1.44. The molecule has 2 heteroatoms. The second-order valence-electron chi connectivity index (χ2n) is 4.77. The highest BCUT2D eigenvalue weighted by Crippen LogP contribution is 2.56. The Morgan fingerprint density at radius 3 is 2.38 bits per heavy atom. The van der Waals surface area contributed by atoms with E-state index < -0.39 is 0 Å². The van der Waals surface area contributed by atoms with Crippen LogP contribution in [0.3, 0.4) is 0 Å². The van der Waals surface area contributed by atoms with Crippen LogP contribution in [0.25, 0.3) is 0 Å². The Labute approximate surface area is 79.4 Å². The van der Waals surface area contributed by atoms with Gasteiger partial charge in [0.1, 0.15) is 0 Å². The molecule has 0 aromatic heterocycles. The van der Waals surface area contributed by atoms with E-state index in [4.69, 9.17) is 0 Å². The minimum atomic E-state index is 0.364. The van der Waals surface area contributed by atoms with Crippen molar-refractivity contribution < 1.29 is 4.79 Å². The van der Waals surface area contributed by atoms with Crippen molar-refractivity contribution in [3.8, 4) is 0 Å². The van der Waals surface area contributed by atoms with Crippen LogP contribution in [0, 0.1) is 17.3 Å². The van der Waals surface area contributed by atoms with E-state index in [9.17, 15) is 4.79 Å². The number of carbonyl (C=O) groups excluding carboxylic acids is 1. The summed E-state index contributed by atoms with van der Waals surface area (Å²) in [5, 5.41) is 0. The quantitative estimate of drug-likeness (QED) is 0.483. The van der Waals surface area contributed by atoms with Gasteiger partial charge in [0.2, 0.25) is 6.08 Å². The van der Waals surface area contributed by atoms with Crippen LogP contribution in [0.1, 0.15) is 39.0 Å². The minimum absolute atomic E-state index is 0.364. The van der Waals surface area contributed by atoms with Crippen LogP contribution in [-0.4, -0.2) is 12.6 Å². The van der Waals surface area contributed by atoms with E-state index in [1.54, 1.807) is 6.08 Å². The Hall–Kier alpha value is -0.620. The van der Waals surface area contributed by atoms with Crippen molar-refractivity contribution in [2.24, 2.45) is 22.2 Å². The number of rotatable bonds is 3. The van der Waals surface area contributed by atoms with Gasteiger partial charge in [-0.3, -0.25) is 0 Å². The number of aliphatic imine (C=N–C) groups is 1. The van der Waals surface area contributed by atoms with Gasteiger partial charge in [-0.25, -0.2) is 9.79 Å². The van der Waals surface area contributed by atoms with Gasteiger partial charge in [-0.15, -0.1) is 0 Å². The number of fused-ring (bicyclic) bond motifs is 1. The summed E-state index contributed by atoms with van der Waals surface area (Å²) in [5.41, 5.74) is 0.364. The molecule has 0 spiro atoms. The molecular weight excluding hydrogens is 162 g/mol. The second kappa shape index (κ2) is 3.26. The summed E-state index contributed by atoms with van der Waals surface area (Å²) in [6.45, 7) is 2.95. The molecule has 72 valence electrons. The highest BCUT2D eigenvalue weighted by atomic mass is 16.1. The van der Waals surface area contributed by atoms with Gasteiger partial charge in [0.15, 0.2) is 0 Å². The van der Waals surface area contributed by atoms with Crippen molar-refractivity contribution in [3.63, 3.8) is 0 Å². The van der Waals surface area contributed by atoms with Crippen molar-refractivity contribution in [2.75, 3.05) is 6.54 Å². The molecule has 2 aliphatic rings. The molecule has 1 unspecified atom stereocenters. The largest absolute Gasteiger partial charge is 0.234 e. The maximum atomic E-state index is 10.1. The maximum Gasteiger partial charge on any atom is 0.234 e. The molecule has 3 atom stereocenters. The standard InChI is InChI=1S/C11H17NO/c1-2-11(7-12-8-13)5-9-3-4-10(9)6-11/h9-10H,2-7H2,1H3/t9-,10+,11?. The monoisotopic (exact) mass is 179 g/mol. The Balaban J connectivity index is 2.03. The van der Waals surface area contributed by atoms with E-state index >= 15 is 0 Å². The van der Waals surface area contributed by atoms with Crippen molar-refractivity contribution in [3.05, 3.63) is 0 Å². The molecule has 0 radical (unpaired) electrons. The predicted molar refractivity (Wildman–Crippen MR) is 51.2 cm³/mol. The van der Waals surface area contributed by atoms with E-state index in [1.165, 1.54) is 32.1 Å². The number of hydrogen-bond acceptors (Lipinski definition) is 2. The summed E-state index contributed by atoms with van der Waals surface area (Å²) in [4.78, 5) is 13.9. The van der Waals surface area contributed by atoms with E-state index in [0.29, 0.717) is 5.41 Å². The SMILES string of the molecule is CCC1(CN=C=O)C[C@H]2CC[C@H]2C1. The average molecular weight is 179 g/mol. The van der Waals surface area contributed by atoms with Crippen molar-refractivity contribution in [1.82, 2.24) is 0 Å². The fourth-order valence-corrected chi connectivity index (χ4v) is 3.10. The first-order valence-electron chi connectivity index (χ1n) is 5.33. The Bertz CT molecular complexity index is 230. The first kappa shape index (κ1) is 8.96. The van der Waals surface area contributed by atoms with Crippen LogP contribution in [0.4, 0.5) is 0 Å². The first-order chi connectivity index (χ1) is 6.29. The smallest absolute Gasteiger partial charge is 0.211 e. The molecule has 0 bridgehead atoms. The molecule has 0 aromatic rings. The van der Waals surface area contributed by atoms with Gasteiger partial charge in [0.25, 0.3) is 0 Å². The van der Waals surface area contributed by atoms with E-state index in [2.05, 4.69) is 11.9 Å². The van der Waals surface area contributed by atoms with Crippen molar-refractivity contribution in [2.45, 2.75) is 39.0 Å². The van der Waals surface area contributed by atoms with Crippen LogP contribution >= 0.6 is 0 Å². The third-order valence-corrected chi connectivity index (χ3v) is 4.19. The Morgan fingerprint density at radius 2 is 2.00 bits per heavy atom. The topological polar surface area (TPSA) is 29.4 Å². The van der Waals surface area contributed by atoms with Crippen molar-refractivity contribution >= 4 is 6.08 Å². The molecule has 0 N–H and O–H groups in total. The Kier molecular flexibility index (Phi) is 2.25. The molecule has 0 amide bonds. The van der Waals surface area contributed by atoms with Crippen LogP contribution in [0.2, 0.25) is 0 Å². The first-order valence-corrected chi connectivity index (χ1v) is 5.33.